The second kappa shape index (κ2) is 15.9. The third-order valence-corrected chi connectivity index (χ3v) is 14.6. The summed E-state index contributed by atoms with van der Waals surface area (Å²) in [5, 5.41) is 4.09. The van der Waals surface area contributed by atoms with Crippen molar-refractivity contribution in [1.29, 1.82) is 0 Å². The Hall–Kier alpha value is -4.88. The number of imidazole rings is 1. The maximum Gasteiger partial charge on any atom is 0 e. The van der Waals surface area contributed by atoms with E-state index in [9.17, 15) is 4.39 Å². The Morgan fingerprint density at radius 2 is 1.46 bits per heavy atom. The van der Waals surface area contributed by atoms with Crippen LogP contribution in [0.15, 0.2) is 132 Å². The molecule has 0 atom stereocenters. The van der Waals surface area contributed by atoms with Crippen LogP contribution in [0.5, 0.6) is 0 Å². The van der Waals surface area contributed by atoms with E-state index in [-0.39, 0.29) is 25.9 Å². The van der Waals surface area contributed by atoms with Gasteiger partial charge in [0.2, 0.25) is 0 Å². The van der Waals surface area contributed by atoms with Crippen LogP contribution in [0.25, 0.3) is 72.1 Å². The van der Waals surface area contributed by atoms with Crippen molar-refractivity contribution in [2.45, 2.75) is 56.8 Å². The quantitative estimate of drug-likeness (QED) is 0.123. The van der Waals surface area contributed by atoms with Crippen LogP contribution in [-0.2, 0) is 20.1 Å². The molecule has 56 heavy (non-hydrogen) atoms. The number of hydrogen-bond donors (Lipinski definition) is 0. The van der Waals surface area contributed by atoms with Crippen molar-refractivity contribution in [3.63, 3.8) is 0 Å². The molecular weight excluding hydrogens is 930 g/mol. The van der Waals surface area contributed by atoms with E-state index >= 15 is 0 Å². The first kappa shape index (κ1) is 39.4. The number of para-hydroxylation sites is 1. The van der Waals surface area contributed by atoms with Gasteiger partial charge in [-0.15, -0.1) is 18.2 Å². The SMILES string of the molecule is CC(C)c1cccc(C(C)C)c1-n1c(-c2[c-]ccc3c2oc2cc(F)ccc23)nc2ccc3ccccc3c21.[CH3][Ge]([CH3])([CH3])[c]1ccc(-c2[c-]cccc2)nc1.[Ir]. The number of aromatic nitrogens is 3. The molecule has 0 amide bonds. The van der Waals surface area contributed by atoms with Gasteiger partial charge in [0.05, 0.1) is 22.4 Å². The maximum atomic E-state index is 14.1. The largest absolute Gasteiger partial charge is 0 e. The number of furan rings is 1. The predicted molar refractivity (Wildman–Crippen MR) is 230 cm³/mol. The molecule has 0 aliphatic carbocycles. The van der Waals surface area contributed by atoms with E-state index in [4.69, 9.17) is 9.40 Å². The van der Waals surface area contributed by atoms with Crippen LogP contribution in [0.3, 0.4) is 0 Å². The van der Waals surface area contributed by atoms with Gasteiger partial charge >= 0.3 is 99.8 Å². The van der Waals surface area contributed by atoms with Crippen molar-refractivity contribution in [3.8, 4) is 28.3 Å². The zero-order valence-electron chi connectivity index (χ0n) is 32.7. The molecule has 283 valence electrons. The molecule has 1 radical (unpaired) electrons. The van der Waals surface area contributed by atoms with E-state index in [0.29, 0.717) is 23.0 Å². The minimum absolute atomic E-state index is 0. The molecule has 3 aromatic heterocycles. The minimum atomic E-state index is -1.72. The number of hydrogen-bond acceptors (Lipinski definition) is 3. The number of benzene rings is 6. The first-order chi connectivity index (χ1) is 26.5. The minimum Gasteiger partial charge on any atom is 0 e. The Morgan fingerprint density at radius 3 is 2.14 bits per heavy atom. The molecule has 9 rings (SSSR count). The molecule has 7 heteroatoms. The number of halogens is 1. The summed E-state index contributed by atoms with van der Waals surface area (Å²) >= 11 is -1.72. The van der Waals surface area contributed by atoms with Crippen LogP contribution in [0.1, 0.15) is 50.7 Å². The molecule has 0 bridgehead atoms. The summed E-state index contributed by atoms with van der Waals surface area (Å²) in [6.07, 6.45) is 2.04. The fourth-order valence-electron chi connectivity index (χ4n) is 7.43. The van der Waals surface area contributed by atoms with Gasteiger partial charge in [0.15, 0.2) is 0 Å². The van der Waals surface area contributed by atoms with Gasteiger partial charge in [-0.3, -0.25) is 4.98 Å². The molecule has 0 fully saturated rings. The molecule has 0 aliphatic rings. The maximum absolute atomic E-state index is 14.1. The monoisotopic (exact) mass is 976 g/mol. The van der Waals surface area contributed by atoms with Crippen LogP contribution >= 0.6 is 0 Å². The summed E-state index contributed by atoms with van der Waals surface area (Å²) in [5.41, 5.74) is 9.65. The summed E-state index contributed by atoms with van der Waals surface area (Å²) in [4.78, 5) is 9.78. The van der Waals surface area contributed by atoms with Crippen molar-refractivity contribution in [2.24, 2.45) is 0 Å². The van der Waals surface area contributed by atoms with Crippen molar-refractivity contribution < 1.29 is 28.9 Å². The molecule has 4 nitrogen and oxygen atoms in total. The number of nitrogens with zero attached hydrogens (tertiary/aromatic N) is 3. The van der Waals surface area contributed by atoms with Crippen LogP contribution < -0.4 is 4.40 Å². The summed E-state index contributed by atoms with van der Waals surface area (Å²) in [6.45, 7) is 8.95. The van der Waals surface area contributed by atoms with Crippen molar-refractivity contribution >= 4 is 61.4 Å². The summed E-state index contributed by atoms with van der Waals surface area (Å²) in [6, 6.07) is 46.8. The first-order valence-electron chi connectivity index (χ1n) is 19.0. The molecule has 0 saturated heterocycles. The summed E-state index contributed by atoms with van der Waals surface area (Å²) in [5.74, 6) is 8.18. The molecule has 9 aromatic rings. The Bertz CT molecular complexity index is 2790. The second-order valence-corrected chi connectivity index (χ2v) is 26.5. The van der Waals surface area contributed by atoms with Crippen LogP contribution in [0.2, 0.25) is 17.3 Å². The molecule has 0 saturated carbocycles. The number of pyridine rings is 1. The van der Waals surface area contributed by atoms with E-state index in [0.717, 1.165) is 60.9 Å². The van der Waals surface area contributed by atoms with Crippen molar-refractivity contribution in [2.75, 3.05) is 0 Å². The van der Waals surface area contributed by atoms with E-state index in [1.807, 2.05) is 42.6 Å². The molecule has 0 unspecified atom stereocenters. The Kier molecular flexibility index (Phi) is 11.2. The fourth-order valence-corrected chi connectivity index (χ4v) is 9.60. The standard InChI is InChI=1S/C35H28FN2O.C14H16GeN.Ir/c1-20(2)24-11-7-12-25(21(3)4)32(24)38-33-26-10-6-5-9-22(26)15-18-30(33)37-35(38)29-14-8-13-28-27-17-16-23(36)19-31(27)39-34(28)29;1-15(2,3)13-9-10-14(16-11-13)12-7-5-4-6-8-12;/h5-13,15-21H,1-4H3;4-7,9-11H,1-3H3;/q2*-1;. The average Bonchev–Trinajstić information content (AvgIpc) is 3.76. The molecular formula is C49H44FGeIrN3O-2. The topological polar surface area (TPSA) is 43.9 Å². The molecule has 3 heterocycles. The second-order valence-electron chi connectivity index (χ2n) is 15.8. The molecule has 0 aliphatic heterocycles. The van der Waals surface area contributed by atoms with Crippen molar-refractivity contribution in [3.05, 3.63) is 157 Å². The van der Waals surface area contributed by atoms with Gasteiger partial charge in [0.25, 0.3) is 0 Å². The Morgan fingerprint density at radius 1 is 0.714 bits per heavy atom. The van der Waals surface area contributed by atoms with Crippen LogP contribution in [0.4, 0.5) is 4.39 Å². The molecule has 0 N–H and O–H groups in total. The van der Waals surface area contributed by atoms with Crippen molar-refractivity contribution in [1.82, 2.24) is 14.5 Å². The summed E-state index contributed by atoms with van der Waals surface area (Å²) in [7, 11) is 0. The third kappa shape index (κ3) is 7.38. The number of fused-ring (bicyclic) bond motifs is 6. The fraction of sp³-hybridized carbons (Fsp3) is 0.184. The van der Waals surface area contributed by atoms with Gasteiger partial charge in [0, 0.05) is 42.6 Å². The van der Waals surface area contributed by atoms with E-state index in [2.05, 4.69) is 133 Å². The van der Waals surface area contributed by atoms with Gasteiger partial charge in [-0.2, -0.15) is 0 Å². The first-order valence-corrected chi connectivity index (χ1v) is 26.3. The predicted octanol–water partition coefficient (Wildman–Crippen LogP) is 13.0. The molecule has 0 spiro atoms. The Balaban J connectivity index is 0.000000238. The van der Waals surface area contributed by atoms with Gasteiger partial charge in [0.1, 0.15) is 11.4 Å². The number of rotatable bonds is 6. The van der Waals surface area contributed by atoms with Gasteiger partial charge < -0.3 is 8.98 Å². The zero-order valence-corrected chi connectivity index (χ0v) is 37.2. The van der Waals surface area contributed by atoms with Crippen LogP contribution in [-0.4, -0.2) is 27.8 Å². The van der Waals surface area contributed by atoms with Gasteiger partial charge in [-0.1, -0.05) is 87.2 Å². The smallest absolute Gasteiger partial charge is 0 e. The van der Waals surface area contributed by atoms with E-state index < -0.39 is 13.3 Å². The zero-order chi connectivity index (χ0) is 38.4. The van der Waals surface area contributed by atoms with E-state index in [1.165, 1.54) is 27.7 Å². The summed E-state index contributed by atoms with van der Waals surface area (Å²) < 4.78 is 24.2. The van der Waals surface area contributed by atoms with Gasteiger partial charge in [-0.05, 0) is 46.5 Å². The average molecular weight is 975 g/mol. The van der Waals surface area contributed by atoms with Gasteiger partial charge in [-0.25, -0.2) is 4.39 Å². The normalized spacial score (nSPS) is 11.8. The van der Waals surface area contributed by atoms with E-state index in [1.54, 1.807) is 6.07 Å². The molecule has 6 aromatic carbocycles. The van der Waals surface area contributed by atoms with Crippen LogP contribution in [0, 0.1) is 17.9 Å². The third-order valence-electron chi connectivity index (χ3n) is 10.3. The Labute approximate surface area is 344 Å².